The molecule has 1 rings (SSSR count). The minimum atomic E-state index is -0.423. The summed E-state index contributed by atoms with van der Waals surface area (Å²) in [5.74, 6) is 0.0148. The first-order chi connectivity index (χ1) is 10.1. The van der Waals surface area contributed by atoms with E-state index in [1.807, 2.05) is 0 Å². The number of amides is 1. The van der Waals surface area contributed by atoms with Crippen molar-refractivity contribution in [3.63, 3.8) is 0 Å². The molecule has 0 bridgehead atoms. The highest BCUT2D eigenvalue weighted by atomic mass is 35.5. The standard InChI is InChI=1S/C15H28N2O4.ClH/c1-20-13(18)6-4-2-3-5-9-17-15(19)14(16)12-7-10-21-11-8-12;/h12,14H,2-11,16H2,1H3,(H,17,19);1H. The second-order valence-electron chi connectivity index (χ2n) is 5.51. The van der Waals surface area contributed by atoms with E-state index in [0.29, 0.717) is 26.2 Å². The second-order valence-corrected chi connectivity index (χ2v) is 5.51. The lowest BCUT2D eigenvalue weighted by atomic mass is 9.92. The Balaban J connectivity index is 0.00000441. The average molecular weight is 337 g/mol. The number of esters is 1. The Hall–Kier alpha value is -0.850. The van der Waals surface area contributed by atoms with Gasteiger partial charge in [-0.15, -0.1) is 12.4 Å². The molecule has 0 aromatic heterocycles. The van der Waals surface area contributed by atoms with Crippen LogP contribution >= 0.6 is 12.4 Å². The molecule has 3 N–H and O–H groups in total. The topological polar surface area (TPSA) is 90.7 Å². The van der Waals surface area contributed by atoms with Gasteiger partial charge in [0, 0.05) is 26.2 Å². The fourth-order valence-corrected chi connectivity index (χ4v) is 2.47. The molecule has 6 nitrogen and oxygen atoms in total. The third-order valence-corrected chi connectivity index (χ3v) is 3.91. The number of methoxy groups -OCH3 is 1. The van der Waals surface area contributed by atoms with Gasteiger partial charge in [-0.25, -0.2) is 0 Å². The van der Waals surface area contributed by atoms with E-state index < -0.39 is 6.04 Å². The normalized spacial score (nSPS) is 16.5. The van der Waals surface area contributed by atoms with Gasteiger partial charge in [0.2, 0.25) is 5.91 Å². The number of hydrogen-bond donors (Lipinski definition) is 2. The molecule has 1 heterocycles. The molecule has 0 spiro atoms. The van der Waals surface area contributed by atoms with Crippen LogP contribution in [0.3, 0.4) is 0 Å². The van der Waals surface area contributed by atoms with E-state index in [9.17, 15) is 9.59 Å². The van der Waals surface area contributed by atoms with Crippen LogP contribution in [0, 0.1) is 5.92 Å². The fourth-order valence-electron chi connectivity index (χ4n) is 2.47. The summed E-state index contributed by atoms with van der Waals surface area (Å²) in [4.78, 5) is 22.8. The fraction of sp³-hybridized carbons (Fsp3) is 0.867. The van der Waals surface area contributed by atoms with Crippen LogP contribution < -0.4 is 11.1 Å². The molecule has 0 aliphatic carbocycles. The van der Waals surface area contributed by atoms with Crippen molar-refractivity contribution in [1.29, 1.82) is 0 Å². The van der Waals surface area contributed by atoms with Gasteiger partial charge in [0.15, 0.2) is 0 Å². The van der Waals surface area contributed by atoms with Crippen molar-refractivity contribution in [3.8, 4) is 0 Å². The summed E-state index contributed by atoms with van der Waals surface area (Å²) < 4.78 is 9.84. The van der Waals surface area contributed by atoms with Gasteiger partial charge in [-0.05, 0) is 31.6 Å². The lowest BCUT2D eigenvalue weighted by Gasteiger charge is -2.26. The smallest absolute Gasteiger partial charge is 0.305 e. The van der Waals surface area contributed by atoms with Crippen LogP contribution in [-0.2, 0) is 19.1 Å². The summed E-state index contributed by atoms with van der Waals surface area (Å²) in [5, 5.41) is 2.89. The van der Waals surface area contributed by atoms with E-state index in [4.69, 9.17) is 10.5 Å². The molecule has 1 fully saturated rings. The Labute approximate surface area is 138 Å². The molecule has 0 aromatic carbocycles. The van der Waals surface area contributed by atoms with E-state index in [0.717, 1.165) is 38.5 Å². The summed E-state index contributed by atoms with van der Waals surface area (Å²) in [7, 11) is 1.40. The highest BCUT2D eigenvalue weighted by Crippen LogP contribution is 2.17. The van der Waals surface area contributed by atoms with Crippen molar-refractivity contribution >= 4 is 24.3 Å². The molecule has 1 unspecified atom stereocenters. The molecular formula is C15H29ClN2O4. The third kappa shape index (κ3) is 8.56. The summed E-state index contributed by atoms with van der Waals surface area (Å²) in [5.41, 5.74) is 5.98. The van der Waals surface area contributed by atoms with Gasteiger partial charge < -0.3 is 20.5 Å². The molecule has 1 aliphatic rings. The van der Waals surface area contributed by atoms with E-state index in [1.165, 1.54) is 7.11 Å². The zero-order chi connectivity index (χ0) is 15.5. The number of unbranched alkanes of at least 4 members (excludes halogenated alkanes) is 3. The largest absolute Gasteiger partial charge is 0.469 e. The molecule has 22 heavy (non-hydrogen) atoms. The molecule has 0 saturated carbocycles. The maximum Gasteiger partial charge on any atom is 0.305 e. The number of carbonyl (C=O) groups excluding carboxylic acids is 2. The average Bonchev–Trinajstić information content (AvgIpc) is 2.53. The van der Waals surface area contributed by atoms with E-state index in [1.54, 1.807) is 0 Å². The lowest BCUT2D eigenvalue weighted by Crippen LogP contribution is -2.47. The van der Waals surface area contributed by atoms with E-state index >= 15 is 0 Å². The molecular weight excluding hydrogens is 308 g/mol. The van der Waals surface area contributed by atoms with Crippen LogP contribution in [0.5, 0.6) is 0 Å². The Morgan fingerprint density at radius 3 is 2.50 bits per heavy atom. The van der Waals surface area contributed by atoms with Crippen molar-refractivity contribution in [1.82, 2.24) is 5.32 Å². The van der Waals surface area contributed by atoms with Crippen molar-refractivity contribution in [3.05, 3.63) is 0 Å². The van der Waals surface area contributed by atoms with Gasteiger partial charge in [0.25, 0.3) is 0 Å². The molecule has 1 saturated heterocycles. The highest BCUT2D eigenvalue weighted by Gasteiger charge is 2.26. The Morgan fingerprint density at radius 2 is 1.86 bits per heavy atom. The third-order valence-electron chi connectivity index (χ3n) is 3.91. The number of rotatable bonds is 9. The van der Waals surface area contributed by atoms with Gasteiger partial charge in [0.1, 0.15) is 0 Å². The predicted molar refractivity (Wildman–Crippen MR) is 86.9 cm³/mol. The maximum atomic E-state index is 11.9. The zero-order valence-corrected chi connectivity index (χ0v) is 14.2. The van der Waals surface area contributed by atoms with Crippen LogP contribution in [0.4, 0.5) is 0 Å². The monoisotopic (exact) mass is 336 g/mol. The first-order valence-corrected chi connectivity index (χ1v) is 7.83. The first kappa shape index (κ1) is 21.1. The molecule has 0 radical (unpaired) electrons. The van der Waals surface area contributed by atoms with Gasteiger partial charge in [-0.2, -0.15) is 0 Å². The van der Waals surface area contributed by atoms with Crippen LogP contribution in [-0.4, -0.2) is 44.8 Å². The number of halogens is 1. The number of carbonyl (C=O) groups is 2. The molecule has 1 atom stereocenters. The maximum absolute atomic E-state index is 11.9. The lowest BCUT2D eigenvalue weighted by molar-refractivity contribution is -0.140. The van der Waals surface area contributed by atoms with Crippen LogP contribution in [0.1, 0.15) is 44.9 Å². The summed E-state index contributed by atoms with van der Waals surface area (Å²) in [6, 6.07) is -0.423. The predicted octanol–water partition coefficient (Wildman–Crippen LogP) is 1.40. The molecule has 130 valence electrons. The van der Waals surface area contributed by atoms with Crippen molar-refractivity contribution in [2.75, 3.05) is 26.9 Å². The van der Waals surface area contributed by atoms with E-state index in [-0.39, 0.29) is 30.2 Å². The number of nitrogens with two attached hydrogens (primary N) is 1. The Kier molecular flexibility index (Phi) is 12.2. The number of nitrogens with one attached hydrogen (secondary N) is 1. The second kappa shape index (κ2) is 12.7. The SMILES string of the molecule is COC(=O)CCCCCCNC(=O)C(N)C1CCOCC1.Cl. The number of ether oxygens (including phenoxy) is 2. The van der Waals surface area contributed by atoms with Gasteiger partial charge in [-0.3, -0.25) is 9.59 Å². The summed E-state index contributed by atoms with van der Waals surface area (Å²) in [6.07, 6.45) is 5.90. The van der Waals surface area contributed by atoms with Gasteiger partial charge in [-0.1, -0.05) is 12.8 Å². The first-order valence-electron chi connectivity index (χ1n) is 7.83. The summed E-state index contributed by atoms with van der Waals surface area (Å²) >= 11 is 0. The van der Waals surface area contributed by atoms with E-state index in [2.05, 4.69) is 10.1 Å². The Morgan fingerprint density at radius 1 is 1.23 bits per heavy atom. The Bertz CT molecular complexity index is 323. The van der Waals surface area contributed by atoms with Gasteiger partial charge in [0.05, 0.1) is 13.2 Å². The summed E-state index contributed by atoms with van der Waals surface area (Å²) in [6.45, 7) is 2.05. The minimum absolute atomic E-state index is 0. The molecule has 7 heteroatoms. The molecule has 0 aromatic rings. The van der Waals surface area contributed by atoms with Gasteiger partial charge >= 0.3 is 5.97 Å². The van der Waals surface area contributed by atoms with Crippen LogP contribution in [0.15, 0.2) is 0 Å². The van der Waals surface area contributed by atoms with Crippen LogP contribution in [0.2, 0.25) is 0 Å². The zero-order valence-electron chi connectivity index (χ0n) is 13.3. The highest BCUT2D eigenvalue weighted by molar-refractivity contribution is 5.85. The molecule has 1 aliphatic heterocycles. The van der Waals surface area contributed by atoms with Crippen molar-refractivity contribution in [2.24, 2.45) is 11.7 Å². The number of hydrogen-bond acceptors (Lipinski definition) is 5. The van der Waals surface area contributed by atoms with Crippen molar-refractivity contribution in [2.45, 2.75) is 51.0 Å². The minimum Gasteiger partial charge on any atom is -0.469 e. The van der Waals surface area contributed by atoms with Crippen LogP contribution in [0.25, 0.3) is 0 Å². The van der Waals surface area contributed by atoms with Crippen molar-refractivity contribution < 1.29 is 19.1 Å². The molecule has 1 amide bonds. The quantitative estimate of drug-likeness (QED) is 0.490.